The molecule has 4 aromatic rings. The lowest BCUT2D eigenvalue weighted by molar-refractivity contribution is -0.384. The van der Waals surface area contributed by atoms with Crippen LogP contribution in [0.4, 0.5) is 5.69 Å². The first kappa shape index (κ1) is 27.1. The van der Waals surface area contributed by atoms with E-state index in [2.05, 4.69) is 0 Å². The number of benzene rings is 3. The van der Waals surface area contributed by atoms with Gasteiger partial charge in [0, 0.05) is 28.2 Å². The number of nitro benzene ring substituents is 1. The van der Waals surface area contributed by atoms with Crippen molar-refractivity contribution in [2.24, 2.45) is 4.99 Å². The monoisotopic (exact) mass is 573 g/mol. The molecule has 1 atom stereocenters. The number of thioether (sulfide) groups is 1. The van der Waals surface area contributed by atoms with E-state index in [1.807, 2.05) is 60.9 Å². The molecule has 3 aromatic carbocycles. The quantitative estimate of drug-likeness (QED) is 0.152. The smallest absolute Gasteiger partial charge is 0.338 e. The van der Waals surface area contributed by atoms with Crippen LogP contribution in [0.3, 0.4) is 0 Å². The van der Waals surface area contributed by atoms with Crippen molar-refractivity contribution < 1.29 is 19.6 Å². The summed E-state index contributed by atoms with van der Waals surface area (Å²) in [6, 6.07) is 19.5. The molecule has 202 valence electrons. The molecule has 1 aliphatic rings. The third kappa shape index (κ3) is 5.08. The van der Waals surface area contributed by atoms with Gasteiger partial charge in [0.2, 0.25) is 0 Å². The summed E-state index contributed by atoms with van der Waals surface area (Å²) in [5.74, 6) is -0.799. The predicted molar refractivity (Wildman–Crippen MR) is 154 cm³/mol. The number of thiazole rings is 1. The van der Waals surface area contributed by atoms with E-state index in [0.717, 1.165) is 16.2 Å². The molecule has 0 saturated carbocycles. The van der Waals surface area contributed by atoms with Crippen LogP contribution in [0, 0.1) is 10.1 Å². The molecule has 1 aliphatic heterocycles. The Kier molecular flexibility index (Phi) is 7.67. The first-order chi connectivity index (χ1) is 19.3. The number of hydrogen-bond donors (Lipinski definition) is 1. The molecule has 0 amide bonds. The second kappa shape index (κ2) is 11.3. The number of hydrogen-bond acceptors (Lipinski definition) is 9. The van der Waals surface area contributed by atoms with Crippen LogP contribution in [0.15, 0.2) is 93.1 Å². The number of phenolic OH excluding ortho intramolecular Hbond substituents is 1. The average Bonchev–Trinajstić information content (AvgIpc) is 3.28. The van der Waals surface area contributed by atoms with Crippen LogP contribution >= 0.6 is 23.1 Å². The van der Waals surface area contributed by atoms with Crippen molar-refractivity contribution >= 4 is 46.5 Å². The van der Waals surface area contributed by atoms with E-state index in [1.54, 1.807) is 18.7 Å². The van der Waals surface area contributed by atoms with E-state index in [1.165, 1.54) is 28.8 Å². The molecular formula is C29H23N3O6S2. The molecule has 40 heavy (non-hydrogen) atoms. The Morgan fingerprint density at radius 2 is 1.90 bits per heavy atom. The molecule has 5 rings (SSSR count). The lowest BCUT2D eigenvalue weighted by Crippen LogP contribution is -2.40. The first-order valence-electron chi connectivity index (χ1n) is 12.2. The summed E-state index contributed by atoms with van der Waals surface area (Å²) in [7, 11) is 0. The van der Waals surface area contributed by atoms with Gasteiger partial charge >= 0.3 is 5.97 Å². The maximum Gasteiger partial charge on any atom is 0.338 e. The van der Waals surface area contributed by atoms with Gasteiger partial charge in [-0.3, -0.25) is 19.5 Å². The number of ether oxygens (including phenoxy) is 1. The fourth-order valence-corrected chi connectivity index (χ4v) is 5.85. The Morgan fingerprint density at radius 3 is 2.55 bits per heavy atom. The molecule has 0 radical (unpaired) electrons. The summed E-state index contributed by atoms with van der Waals surface area (Å²) in [5, 5.41) is 21.7. The molecule has 9 nitrogen and oxygen atoms in total. The lowest BCUT2D eigenvalue weighted by atomic mass is 9.93. The highest BCUT2D eigenvalue weighted by atomic mass is 32.2. The van der Waals surface area contributed by atoms with Gasteiger partial charge in [-0.1, -0.05) is 53.8 Å². The lowest BCUT2D eigenvalue weighted by Gasteiger charge is -2.26. The van der Waals surface area contributed by atoms with Crippen molar-refractivity contribution in [2.75, 3.05) is 12.9 Å². The van der Waals surface area contributed by atoms with Gasteiger partial charge in [-0.2, -0.15) is 0 Å². The summed E-state index contributed by atoms with van der Waals surface area (Å²) in [6.45, 7) is 1.85. The van der Waals surface area contributed by atoms with Gasteiger partial charge in [0.15, 0.2) is 4.80 Å². The number of carbonyl (C=O) groups excluding carboxylic acids is 1. The van der Waals surface area contributed by atoms with Crippen LogP contribution in [0.1, 0.15) is 29.7 Å². The minimum atomic E-state index is -0.845. The van der Waals surface area contributed by atoms with Crippen LogP contribution < -0.4 is 14.9 Å². The SMILES string of the molecule is CCOC(=O)C1=C(c2ccccc2)N=c2s/c(=C\c3cc([N+](=O)[O-])ccc3O)c(=O)n2[C@H]1c1ccc(SC)cc1. The summed E-state index contributed by atoms with van der Waals surface area (Å²) in [4.78, 5) is 44.2. The molecule has 0 unspecified atom stereocenters. The second-order valence-electron chi connectivity index (χ2n) is 8.70. The molecule has 1 aromatic heterocycles. The van der Waals surface area contributed by atoms with Crippen LogP contribution in [0.5, 0.6) is 5.75 Å². The fraction of sp³-hybridized carbons (Fsp3) is 0.138. The Morgan fingerprint density at radius 1 is 1.18 bits per heavy atom. The summed E-state index contributed by atoms with van der Waals surface area (Å²) >= 11 is 2.64. The van der Waals surface area contributed by atoms with E-state index in [-0.39, 0.29) is 33.7 Å². The molecule has 0 spiro atoms. The standard InChI is InChI=1S/C29H23N3O6S2/c1-3-38-28(35)24-25(17-7-5-4-6-8-17)30-29-31(26(24)18-9-12-21(39-2)13-10-18)27(34)23(40-29)16-19-15-20(32(36)37)11-14-22(19)33/h4-16,26,33H,3H2,1-2H3/b23-16-/t26-/m0/s1. The molecule has 0 fully saturated rings. The minimum absolute atomic E-state index is 0.119. The number of esters is 1. The van der Waals surface area contributed by atoms with Crippen LogP contribution in [0.25, 0.3) is 11.8 Å². The summed E-state index contributed by atoms with van der Waals surface area (Å²) in [5.41, 5.74) is 1.43. The van der Waals surface area contributed by atoms with E-state index >= 15 is 0 Å². The fourth-order valence-electron chi connectivity index (χ4n) is 4.45. The number of nitrogens with zero attached hydrogens (tertiary/aromatic N) is 3. The number of phenols is 1. The van der Waals surface area contributed by atoms with Crippen LogP contribution in [-0.2, 0) is 9.53 Å². The first-order valence-corrected chi connectivity index (χ1v) is 14.3. The Balaban J connectivity index is 1.82. The predicted octanol–water partition coefficient (Wildman–Crippen LogP) is 4.27. The highest BCUT2D eigenvalue weighted by Gasteiger charge is 2.35. The van der Waals surface area contributed by atoms with Crippen molar-refractivity contribution in [2.45, 2.75) is 17.9 Å². The Hall–Kier alpha value is -4.48. The van der Waals surface area contributed by atoms with E-state index in [4.69, 9.17) is 9.73 Å². The van der Waals surface area contributed by atoms with Crippen molar-refractivity contribution in [1.29, 1.82) is 0 Å². The van der Waals surface area contributed by atoms with Gasteiger partial charge in [0.25, 0.3) is 11.2 Å². The van der Waals surface area contributed by atoms with Crippen LogP contribution in [-0.4, -0.2) is 33.4 Å². The van der Waals surface area contributed by atoms with E-state index in [0.29, 0.717) is 21.6 Å². The Labute approximate surface area is 236 Å². The largest absolute Gasteiger partial charge is 0.507 e. The van der Waals surface area contributed by atoms with Gasteiger partial charge in [-0.25, -0.2) is 9.79 Å². The zero-order chi connectivity index (χ0) is 28.4. The highest BCUT2D eigenvalue weighted by molar-refractivity contribution is 7.98. The normalized spacial score (nSPS) is 14.9. The molecule has 0 saturated heterocycles. The minimum Gasteiger partial charge on any atom is -0.507 e. The number of aromatic hydroxyl groups is 1. The molecular weight excluding hydrogens is 550 g/mol. The third-order valence-electron chi connectivity index (χ3n) is 6.31. The zero-order valence-corrected chi connectivity index (χ0v) is 23.1. The topological polar surface area (TPSA) is 124 Å². The summed E-state index contributed by atoms with van der Waals surface area (Å²) < 4.78 is 7.10. The van der Waals surface area contributed by atoms with Gasteiger partial charge in [-0.15, -0.1) is 11.8 Å². The van der Waals surface area contributed by atoms with Gasteiger partial charge in [0.1, 0.15) is 5.75 Å². The Bertz CT molecular complexity index is 1830. The highest BCUT2D eigenvalue weighted by Crippen LogP contribution is 2.35. The van der Waals surface area contributed by atoms with Crippen molar-refractivity contribution in [3.63, 3.8) is 0 Å². The van der Waals surface area contributed by atoms with Crippen molar-refractivity contribution in [3.8, 4) is 5.75 Å². The maximum atomic E-state index is 13.9. The molecule has 2 heterocycles. The second-order valence-corrected chi connectivity index (χ2v) is 10.6. The molecule has 11 heteroatoms. The summed E-state index contributed by atoms with van der Waals surface area (Å²) in [6.07, 6.45) is 3.36. The number of rotatable bonds is 7. The zero-order valence-electron chi connectivity index (χ0n) is 21.4. The number of nitro groups is 1. The van der Waals surface area contributed by atoms with Crippen molar-refractivity contribution in [3.05, 3.63) is 125 Å². The molecule has 1 N–H and O–H groups in total. The van der Waals surface area contributed by atoms with Gasteiger partial charge in [-0.05, 0) is 43.0 Å². The molecule has 0 aliphatic carbocycles. The van der Waals surface area contributed by atoms with E-state index in [9.17, 15) is 24.8 Å². The third-order valence-corrected chi connectivity index (χ3v) is 8.04. The number of non-ortho nitro benzene ring substituents is 1. The molecule has 0 bridgehead atoms. The number of fused-ring (bicyclic) bond motifs is 1. The maximum absolute atomic E-state index is 13.9. The average molecular weight is 574 g/mol. The van der Waals surface area contributed by atoms with Crippen LogP contribution in [0.2, 0.25) is 0 Å². The van der Waals surface area contributed by atoms with Gasteiger partial charge in [0.05, 0.1) is 33.4 Å². The van der Waals surface area contributed by atoms with Gasteiger partial charge < -0.3 is 9.84 Å². The van der Waals surface area contributed by atoms with E-state index < -0.39 is 22.5 Å². The number of aromatic nitrogens is 1. The number of carbonyl (C=O) groups is 1. The van der Waals surface area contributed by atoms with Crippen molar-refractivity contribution in [1.82, 2.24) is 4.57 Å².